The number of hydrogen-bond acceptors (Lipinski definition) is 3. The third-order valence-electron chi connectivity index (χ3n) is 3.24. The van der Waals surface area contributed by atoms with E-state index in [9.17, 15) is 4.79 Å². The van der Waals surface area contributed by atoms with Crippen LogP contribution < -0.4 is 4.90 Å². The lowest BCUT2D eigenvalue weighted by atomic mass is 10.1. The molecule has 0 atom stereocenters. The number of hydrogen-bond donors (Lipinski definition) is 1. The highest BCUT2D eigenvalue weighted by Gasteiger charge is 2.12. The molecule has 0 spiro atoms. The number of carboxylic acids is 1. The van der Waals surface area contributed by atoms with Gasteiger partial charge in [-0.15, -0.1) is 0 Å². The van der Waals surface area contributed by atoms with E-state index < -0.39 is 5.97 Å². The standard InChI is InChI=1S/C17H20N2O2/c1-4-7-19(15-9-12(2)8-13(3)10-15)16-6-5-14(11-18-16)17(20)21/h5-6,8-11H,4,7H2,1-3H3,(H,20,21). The summed E-state index contributed by atoms with van der Waals surface area (Å²) in [6.45, 7) is 7.09. The molecule has 0 saturated carbocycles. The molecule has 0 aliphatic heterocycles. The van der Waals surface area contributed by atoms with Crippen LogP contribution in [-0.4, -0.2) is 22.6 Å². The average Bonchev–Trinajstić information content (AvgIpc) is 2.44. The summed E-state index contributed by atoms with van der Waals surface area (Å²) in [5.41, 5.74) is 3.70. The van der Waals surface area contributed by atoms with Gasteiger partial charge in [-0.05, 0) is 55.7 Å². The molecule has 0 fully saturated rings. The molecule has 0 aliphatic carbocycles. The lowest BCUT2D eigenvalue weighted by molar-refractivity contribution is 0.0696. The maximum absolute atomic E-state index is 10.9. The molecule has 2 rings (SSSR count). The molecule has 21 heavy (non-hydrogen) atoms. The van der Waals surface area contributed by atoms with E-state index in [0.717, 1.165) is 24.5 Å². The minimum absolute atomic E-state index is 0.204. The van der Waals surface area contributed by atoms with Crippen molar-refractivity contribution in [2.45, 2.75) is 27.2 Å². The molecule has 4 nitrogen and oxygen atoms in total. The molecule has 110 valence electrons. The normalized spacial score (nSPS) is 10.4. The van der Waals surface area contributed by atoms with E-state index in [1.54, 1.807) is 12.1 Å². The Hall–Kier alpha value is -2.36. The Labute approximate surface area is 125 Å². The lowest BCUT2D eigenvalue weighted by Crippen LogP contribution is -2.19. The van der Waals surface area contributed by atoms with Gasteiger partial charge in [0.25, 0.3) is 0 Å². The summed E-state index contributed by atoms with van der Waals surface area (Å²) >= 11 is 0. The number of nitrogens with zero attached hydrogens (tertiary/aromatic N) is 2. The van der Waals surface area contributed by atoms with Crippen molar-refractivity contribution in [1.82, 2.24) is 4.98 Å². The Morgan fingerprint density at radius 2 is 1.86 bits per heavy atom. The van der Waals surface area contributed by atoms with Gasteiger partial charge in [-0.3, -0.25) is 0 Å². The number of carboxylic acid groups (broad SMARTS) is 1. The molecule has 0 saturated heterocycles. The molecule has 4 heteroatoms. The molecule has 2 aromatic rings. The zero-order valence-corrected chi connectivity index (χ0v) is 12.6. The first-order chi connectivity index (χ1) is 10.0. The monoisotopic (exact) mass is 284 g/mol. The molecule has 1 aromatic carbocycles. The summed E-state index contributed by atoms with van der Waals surface area (Å²) in [7, 11) is 0. The second-order valence-electron chi connectivity index (χ2n) is 5.21. The Bertz CT molecular complexity index is 615. The Balaban J connectivity index is 2.40. The minimum atomic E-state index is -0.956. The van der Waals surface area contributed by atoms with Gasteiger partial charge in [0.05, 0.1) is 5.56 Å². The fourth-order valence-electron chi connectivity index (χ4n) is 2.38. The van der Waals surface area contributed by atoms with Crippen LogP contribution in [0.5, 0.6) is 0 Å². The first-order valence-corrected chi connectivity index (χ1v) is 7.06. The molecule has 1 heterocycles. The summed E-state index contributed by atoms with van der Waals surface area (Å²) in [5, 5.41) is 8.95. The molecule has 0 unspecified atom stereocenters. The van der Waals surface area contributed by atoms with E-state index in [2.05, 4.69) is 48.9 Å². The van der Waals surface area contributed by atoms with Crippen LogP contribution in [0, 0.1) is 13.8 Å². The number of carbonyl (C=O) groups is 1. The highest BCUT2D eigenvalue weighted by Crippen LogP contribution is 2.26. The predicted molar refractivity (Wildman–Crippen MR) is 84.4 cm³/mol. The third kappa shape index (κ3) is 3.60. The summed E-state index contributed by atoms with van der Waals surface area (Å²) in [6.07, 6.45) is 2.39. The van der Waals surface area contributed by atoms with Gasteiger partial charge in [0.2, 0.25) is 0 Å². The van der Waals surface area contributed by atoms with Gasteiger partial charge < -0.3 is 10.0 Å². The van der Waals surface area contributed by atoms with Gasteiger partial charge in [0.1, 0.15) is 5.82 Å². The Kier molecular flexibility index (Phi) is 4.58. The Morgan fingerprint density at radius 1 is 1.19 bits per heavy atom. The van der Waals surface area contributed by atoms with Crippen molar-refractivity contribution in [3.63, 3.8) is 0 Å². The average molecular weight is 284 g/mol. The van der Waals surface area contributed by atoms with Gasteiger partial charge in [0, 0.05) is 18.4 Å². The summed E-state index contributed by atoms with van der Waals surface area (Å²) in [5.74, 6) is -0.186. The molecule has 0 aliphatic rings. The topological polar surface area (TPSA) is 53.4 Å². The van der Waals surface area contributed by atoms with Crippen LogP contribution in [0.3, 0.4) is 0 Å². The van der Waals surface area contributed by atoms with E-state index in [1.165, 1.54) is 17.3 Å². The van der Waals surface area contributed by atoms with E-state index in [4.69, 9.17) is 5.11 Å². The molecule has 0 amide bonds. The second-order valence-corrected chi connectivity index (χ2v) is 5.21. The predicted octanol–water partition coefficient (Wildman–Crippen LogP) is 3.94. The van der Waals surface area contributed by atoms with Gasteiger partial charge in [-0.2, -0.15) is 0 Å². The molecular weight excluding hydrogens is 264 g/mol. The zero-order valence-electron chi connectivity index (χ0n) is 12.6. The molecule has 1 aromatic heterocycles. The van der Waals surface area contributed by atoms with E-state index >= 15 is 0 Å². The van der Waals surface area contributed by atoms with Crippen LogP contribution in [0.2, 0.25) is 0 Å². The summed E-state index contributed by atoms with van der Waals surface area (Å²) in [4.78, 5) is 17.3. The van der Waals surface area contributed by atoms with Gasteiger partial charge in [-0.1, -0.05) is 13.0 Å². The van der Waals surface area contributed by atoms with Crippen molar-refractivity contribution in [1.29, 1.82) is 0 Å². The van der Waals surface area contributed by atoms with Crippen LogP contribution in [-0.2, 0) is 0 Å². The van der Waals surface area contributed by atoms with Crippen LogP contribution in [0.15, 0.2) is 36.5 Å². The SMILES string of the molecule is CCCN(c1cc(C)cc(C)c1)c1ccc(C(=O)O)cn1. The maximum Gasteiger partial charge on any atom is 0.337 e. The van der Waals surface area contributed by atoms with Crippen molar-refractivity contribution in [3.8, 4) is 0 Å². The van der Waals surface area contributed by atoms with Crippen LogP contribution in [0.25, 0.3) is 0 Å². The van der Waals surface area contributed by atoms with Crippen LogP contribution in [0.1, 0.15) is 34.8 Å². The number of benzene rings is 1. The smallest absolute Gasteiger partial charge is 0.337 e. The van der Waals surface area contributed by atoms with E-state index in [0.29, 0.717) is 0 Å². The molecule has 0 radical (unpaired) electrons. The van der Waals surface area contributed by atoms with Crippen molar-refractivity contribution in [3.05, 3.63) is 53.2 Å². The summed E-state index contributed by atoms with van der Waals surface area (Å²) in [6, 6.07) is 9.73. The lowest BCUT2D eigenvalue weighted by Gasteiger charge is -2.24. The molecule has 1 N–H and O–H groups in total. The highest BCUT2D eigenvalue weighted by atomic mass is 16.4. The number of rotatable bonds is 5. The Morgan fingerprint density at radius 3 is 2.33 bits per heavy atom. The number of aromatic nitrogens is 1. The van der Waals surface area contributed by atoms with Gasteiger partial charge >= 0.3 is 5.97 Å². The quantitative estimate of drug-likeness (QED) is 0.903. The number of aromatic carboxylic acids is 1. The fraction of sp³-hybridized carbons (Fsp3) is 0.294. The first kappa shape index (κ1) is 15.0. The van der Waals surface area contributed by atoms with E-state index in [1.807, 2.05) is 0 Å². The fourth-order valence-corrected chi connectivity index (χ4v) is 2.38. The number of aryl methyl sites for hydroxylation is 2. The number of anilines is 2. The second kappa shape index (κ2) is 6.39. The largest absolute Gasteiger partial charge is 0.478 e. The van der Waals surface area contributed by atoms with Crippen molar-refractivity contribution >= 4 is 17.5 Å². The van der Waals surface area contributed by atoms with Gasteiger partial charge in [0.15, 0.2) is 0 Å². The molecule has 0 bridgehead atoms. The third-order valence-corrected chi connectivity index (χ3v) is 3.24. The zero-order chi connectivity index (χ0) is 15.4. The minimum Gasteiger partial charge on any atom is -0.478 e. The highest BCUT2D eigenvalue weighted by molar-refractivity contribution is 5.87. The van der Waals surface area contributed by atoms with E-state index in [-0.39, 0.29) is 5.56 Å². The van der Waals surface area contributed by atoms with Crippen molar-refractivity contribution in [2.75, 3.05) is 11.4 Å². The van der Waals surface area contributed by atoms with Crippen molar-refractivity contribution in [2.24, 2.45) is 0 Å². The maximum atomic E-state index is 10.9. The number of pyridine rings is 1. The van der Waals surface area contributed by atoms with Crippen molar-refractivity contribution < 1.29 is 9.90 Å². The molecular formula is C17H20N2O2. The first-order valence-electron chi connectivity index (χ1n) is 7.06. The van der Waals surface area contributed by atoms with Gasteiger partial charge in [-0.25, -0.2) is 9.78 Å². The van der Waals surface area contributed by atoms with Crippen LogP contribution in [0.4, 0.5) is 11.5 Å². The van der Waals surface area contributed by atoms with Crippen LogP contribution >= 0.6 is 0 Å². The summed E-state index contributed by atoms with van der Waals surface area (Å²) < 4.78 is 0.